The molecule has 5 heteroatoms. The van der Waals surface area contributed by atoms with Gasteiger partial charge in [0, 0.05) is 23.4 Å². The molecule has 0 spiro atoms. The van der Waals surface area contributed by atoms with Gasteiger partial charge in [0.05, 0.1) is 4.92 Å². The minimum Gasteiger partial charge on any atom is -0.382 e. The first-order valence-electron chi connectivity index (χ1n) is 6.81. The van der Waals surface area contributed by atoms with Crippen molar-refractivity contribution in [1.29, 1.82) is 0 Å². The molecular weight excluding hydrogens is 242 g/mol. The highest BCUT2D eigenvalue weighted by Crippen LogP contribution is 2.27. The summed E-state index contributed by atoms with van der Waals surface area (Å²) in [6.45, 7) is 5.84. The van der Waals surface area contributed by atoms with E-state index in [-0.39, 0.29) is 10.6 Å². The van der Waals surface area contributed by atoms with Gasteiger partial charge in [-0.1, -0.05) is 0 Å². The molecule has 1 fully saturated rings. The van der Waals surface area contributed by atoms with E-state index in [1.807, 2.05) is 13.0 Å². The van der Waals surface area contributed by atoms with E-state index in [1.54, 1.807) is 13.0 Å². The third-order valence-electron chi connectivity index (χ3n) is 3.67. The van der Waals surface area contributed by atoms with Crippen molar-refractivity contribution in [3.05, 3.63) is 33.4 Å². The zero-order chi connectivity index (χ0) is 13.8. The predicted molar refractivity (Wildman–Crippen MR) is 76.7 cm³/mol. The number of anilines is 1. The topological polar surface area (TPSA) is 67.2 Å². The molecule has 1 atom stereocenters. The minimum atomic E-state index is -0.311. The van der Waals surface area contributed by atoms with Gasteiger partial charge >= 0.3 is 0 Å². The van der Waals surface area contributed by atoms with Gasteiger partial charge in [0.2, 0.25) is 0 Å². The Morgan fingerprint density at radius 2 is 2.05 bits per heavy atom. The van der Waals surface area contributed by atoms with Crippen LogP contribution in [0.3, 0.4) is 0 Å². The van der Waals surface area contributed by atoms with Crippen molar-refractivity contribution in [2.45, 2.75) is 39.2 Å². The molecule has 1 heterocycles. The van der Waals surface area contributed by atoms with E-state index in [0.717, 1.165) is 49.2 Å². The number of aryl methyl sites for hydroxylation is 2. The Hall–Kier alpha value is -1.62. The summed E-state index contributed by atoms with van der Waals surface area (Å²) in [5.41, 5.74) is 2.87. The highest BCUT2D eigenvalue weighted by Gasteiger charge is 2.17. The average molecular weight is 263 g/mol. The Morgan fingerprint density at radius 1 is 1.26 bits per heavy atom. The maximum atomic E-state index is 11.0. The molecule has 1 aliphatic heterocycles. The van der Waals surface area contributed by atoms with Crippen molar-refractivity contribution in [2.75, 3.05) is 18.4 Å². The van der Waals surface area contributed by atoms with E-state index in [0.29, 0.717) is 6.04 Å². The van der Waals surface area contributed by atoms with Gasteiger partial charge in [0.25, 0.3) is 5.69 Å². The minimum absolute atomic E-state index is 0.194. The Kier molecular flexibility index (Phi) is 4.37. The van der Waals surface area contributed by atoms with Crippen LogP contribution in [-0.2, 0) is 0 Å². The Bertz CT molecular complexity index is 466. The smallest absolute Gasteiger partial charge is 0.274 e. The van der Waals surface area contributed by atoms with Gasteiger partial charge in [-0.25, -0.2) is 0 Å². The maximum absolute atomic E-state index is 11.0. The second-order valence-corrected chi connectivity index (χ2v) is 5.23. The van der Waals surface area contributed by atoms with Crippen LogP contribution in [0.4, 0.5) is 11.4 Å². The molecule has 2 N–H and O–H groups in total. The van der Waals surface area contributed by atoms with Gasteiger partial charge in [-0.05, 0) is 57.8 Å². The summed E-state index contributed by atoms with van der Waals surface area (Å²) < 4.78 is 0. The van der Waals surface area contributed by atoms with E-state index in [9.17, 15) is 10.1 Å². The van der Waals surface area contributed by atoms with E-state index < -0.39 is 0 Å². The van der Waals surface area contributed by atoms with Gasteiger partial charge in [0.1, 0.15) is 0 Å². The molecule has 1 aromatic rings. The standard InChI is InChI=1S/C14H21N3O2/c1-10-8-11(2)14(17(18)19)9-13(10)16-12-4-3-6-15-7-5-12/h8-9,12,15-16H,3-7H2,1-2H3. The summed E-state index contributed by atoms with van der Waals surface area (Å²) in [6, 6.07) is 3.95. The predicted octanol–water partition coefficient (Wildman–Crippen LogP) is 2.77. The van der Waals surface area contributed by atoms with Gasteiger partial charge in [0.15, 0.2) is 0 Å². The Labute approximate surface area is 113 Å². The van der Waals surface area contributed by atoms with Crippen molar-refractivity contribution in [1.82, 2.24) is 5.32 Å². The number of hydrogen-bond donors (Lipinski definition) is 2. The van der Waals surface area contributed by atoms with Crippen LogP contribution in [0.5, 0.6) is 0 Å². The van der Waals surface area contributed by atoms with E-state index in [4.69, 9.17) is 0 Å². The molecule has 2 rings (SSSR count). The highest BCUT2D eigenvalue weighted by atomic mass is 16.6. The fourth-order valence-electron chi connectivity index (χ4n) is 2.58. The number of benzene rings is 1. The number of rotatable bonds is 3. The highest BCUT2D eigenvalue weighted by molar-refractivity contribution is 5.60. The van der Waals surface area contributed by atoms with Gasteiger partial charge in [-0.15, -0.1) is 0 Å². The summed E-state index contributed by atoms with van der Waals surface area (Å²) >= 11 is 0. The number of nitrogens with one attached hydrogen (secondary N) is 2. The van der Waals surface area contributed by atoms with Gasteiger partial charge in [-0.2, -0.15) is 0 Å². The van der Waals surface area contributed by atoms with Gasteiger partial charge in [-0.3, -0.25) is 10.1 Å². The molecule has 1 unspecified atom stereocenters. The first-order chi connectivity index (χ1) is 9.08. The van der Waals surface area contributed by atoms with Crippen LogP contribution in [-0.4, -0.2) is 24.1 Å². The van der Waals surface area contributed by atoms with Crippen LogP contribution >= 0.6 is 0 Å². The zero-order valence-electron chi connectivity index (χ0n) is 11.5. The molecule has 0 bridgehead atoms. The van der Waals surface area contributed by atoms with Crippen LogP contribution in [0.25, 0.3) is 0 Å². The first-order valence-corrected chi connectivity index (χ1v) is 6.81. The third kappa shape index (κ3) is 3.44. The van der Waals surface area contributed by atoms with Crippen LogP contribution in [0, 0.1) is 24.0 Å². The third-order valence-corrected chi connectivity index (χ3v) is 3.67. The molecular formula is C14H21N3O2. The molecule has 5 nitrogen and oxygen atoms in total. The molecule has 1 saturated heterocycles. The number of nitro groups is 1. The summed E-state index contributed by atoms with van der Waals surface area (Å²) in [5.74, 6) is 0. The molecule has 104 valence electrons. The van der Waals surface area contributed by atoms with Crippen molar-refractivity contribution in [3.63, 3.8) is 0 Å². The summed E-state index contributed by atoms with van der Waals surface area (Å²) in [5, 5.41) is 17.8. The summed E-state index contributed by atoms with van der Waals surface area (Å²) in [7, 11) is 0. The normalized spacial score (nSPS) is 19.8. The molecule has 0 amide bonds. The van der Waals surface area contributed by atoms with Crippen LogP contribution in [0.15, 0.2) is 12.1 Å². The first kappa shape index (κ1) is 13.8. The largest absolute Gasteiger partial charge is 0.382 e. The van der Waals surface area contributed by atoms with E-state index in [1.165, 1.54) is 0 Å². The molecule has 0 radical (unpaired) electrons. The van der Waals surface area contributed by atoms with E-state index >= 15 is 0 Å². The lowest BCUT2D eigenvalue weighted by Gasteiger charge is -2.19. The van der Waals surface area contributed by atoms with Crippen LogP contribution < -0.4 is 10.6 Å². The Morgan fingerprint density at radius 3 is 2.79 bits per heavy atom. The lowest BCUT2D eigenvalue weighted by molar-refractivity contribution is -0.385. The molecule has 1 aromatic carbocycles. The SMILES string of the molecule is Cc1cc(C)c([N+](=O)[O-])cc1NC1CCCNCC1. The number of nitrogens with zero attached hydrogens (tertiary/aromatic N) is 1. The summed E-state index contributed by atoms with van der Waals surface area (Å²) in [6.07, 6.45) is 3.31. The van der Waals surface area contributed by atoms with Crippen molar-refractivity contribution in [3.8, 4) is 0 Å². The van der Waals surface area contributed by atoms with E-state index in [2.05, 4.69) is 10.6 Å². The van der Waals surface area contributed by atoms with Crippen LogP contribution in [0.1, 0.15) is 30.4 Å². The fourth-order valence-corrected chi connectivity index (χ4v) is 2.58. The monoisotopic (exact) mass is 263 g/mol. The van der Waals surface area contributed by atoms with Gasteiger partial charge < -0.3 is 10.6 Å². The Balaban J connectivity index is 2.19. The number of hydrogen-bond acceptors (Lipinski definition) is 4. The zero-order valence-corrected chi connectivity index (χ0v) is 11.5. The lowest BCUT2D eigenvalue weighted by Crippen LogP contribution is -2.22. The van der Waals surface area contributed by atoms with Crippen molar-refractivity contribution in [2.24, 2.45) is 0 Å². The molecule has 0 aliphatic carbocycles. The van der Waals surface area contributed by atoms with Crippen molar-refractivity contribution < 1.29 is 4.92 Å². The summed E-state index contributed by atoms with van der Waals surface area (Å²) in [4.78, 5) is 10.7. The fraction of sp³-hybridized carbons (Fsp3) is 0.571. The molecule has 19 heavy (non-hydrogen) atoms. The average Bonchev–Trinajstić information content (AvgIpc) is 2.60. The second kappa shape index (κ2) is 6.02. The van der Waals surface area contributed by atoms with Crippen molar-refractivity contribution >= 4 is 11.4 Å². The molecule has 1 aliphatic rings. The number of nitro benzene ring substituents is 1. The molecule has 0 aromatic heterocycles. The second-order valence-electron chi connectivity index (χ2n) is 5.23. The quantitative estimate of drug-likeness (QED) is 0.650. The van der Waals surface area contributed by atoms with Crippen LogP contribution in [0.2, 0.25) is 0 Å². The lowest BCUT2D eigenvalue weighted by atomic mass is 10.1. The molecule has 0 saturated carbocycles. The maximum Gasteiger partial charge on any atom is 0.274 e.